The summed E-state index contributed by atoms with van der Waals surface area (Å²) in [5, 5.41) is 8.91. The maximum absolute atomic E-state index is 13.3. The number of carboxylic acids is 1. The van der Waals surface area contributed by atoms with Crippen LogP contribution in [0.25, 0.3) is 5.57 Å². The third kappa shape index (κ3) is 5.16. The van der Waals surface area contributed by atoms with Crippen LogP contribution in [0.3, 0.4) is 0 Å². The summed E-state index contributed by atoms with van der Waals surface area (Å²) in [6.07, 6.45) is 2.73. The van der Waals surface area contributed by atoms with E-state index in [4.69, 9.17) is 9.84 Å². The molecule has 24 heavy (non-hydrogen) atoms. The fourth-order valence-electron chi connectivity index (χ4n) is 2.77. The minimum Gasteiger partial charge on any atom is -0.481 e. The van der Waals surface area contributed by atoms with Gasteiger partial charge in [-0.15, -0.1) is 0 Å². The molecule has 1 N–H and O–H groups in total. The molecular formula is C18H22FNO4. The van der Waals surface area contributed by atoms with Gasteiger partial charge in [-0.1, -0.05) is 12.1 Å². The second kappa shape index (κ2) is 8.59. The van der Waals surface area contributed by atoms with Crippen molar-refractivity contribution in [3.63, 3.8) is 0 Å². The molecule has 1 amide bonds. The molecule has 1 aliphatic heterocycles. The highest BCUT2D eigenvalue weighted by molar-refractivity contribution is 5.95. The molecule has 0 saturated carbocycles. The number of nitrogens with zero attached hydrogens (tertiary/aromatic N) is 1. The summed E-state index contributed by atoms with van der Waals surface area (Å²) in [6.45, 7) is 3.03. The highest BCUT2D eigenvalue weighted by Crippen LogP contribution is 2.19. The number of allylic oxidation sites excluding steroid dienone is 1. The molecule has 0 bridgehead atoms. The molecule has 1 aromatic carbocycles. The first kappa shape index (κ1) is 18.1. The van der Waals surface area contributed by atoms with Gasteiger partial charge in [-0.05, 0) is 43.0 Å². The Kier molecular flexibility index (Phi) is 6.49. The Hall–Kier alpha value is -2.21. The van der Waals surface area contributed by atoms with Crippen molar-refractivity contribution >= 4 is 17.4 Å². The molecule has 0 spiro atoms. The average Bonchev–Trinajstić information content (AvgIpc) is 2.55. The molecule has 2 rings (SSSR count). The van der Waals surface area contributed by atoms with Crippen molar-refractivity contribution in [3.8, 4) is 0 Å². The van der Waals surface area contributed by atoms with Crippen LogP contribution in [0.15, 0.2) is 30.3 Å². The molecule has 1 saturated heterocycles. The zero-order valence-corrected chi connectivity index (χ0v) is 13.7. The Morgan fingerprint density at radius 2 is 2.08 bits per heavy atom. The number of amides is 1. The number of halogens is 1. The van der Waals surface area contributed by atoms with Crippen molar-refractivity contribution in [3.05, 3.63) is 41.7 Å². The van der Waals surface area contributed by atoms with Crippen molar-refractivity contribution in [2.75, 3.05) is 19.8 Å². The molecule has 6 heteroatoms. The zero-order chi connectivity index (χ0) is 17.5. The minimum atomic E-state index is -0.939. The first-order valence-electron chi connectivity index (χ1n) is 8.01. The number of rotatable bonds is 6. The second-order valence-electron chi connectivity index (χ2n) is 5.86. The van der Waals surface area contributed by atoms with Gasteiger partial charge in [0.05, 0.1) is 6.42 Å². The summed E-state index contributed by atoms with van der Waals surface area (Å²) in [6, 6.07) is 6.02. The Bertz CT molecular complexity index is 623. The summed E-state index contributed by atoms with van der Waals surface area (Å²) in [7, 11) is 0. The van der Waals surface area contributed by atoms with Gasteiger partial charge >= 0.3 is 5.97 Å². The molecule has 1 heterocycles. The van der Waals surface area contributed by atoms with Gasteiger partial charge in [0.1, 0.15) is 5.82 Å². The van der Waals surface area contributed by atoms with Crippen LogP contribution in [0.2, 0.25) is 0 Å². The van der Waals surface area contributed by atoms with Gasteiger partial charge in [-0.2, -0.15) is 0 Å². The fraction of sp³-hybridized carbons (Fsp3) is 0.444. The average molecular weight is 335 g/mol. The van der Waals surface area contributed by atoms with Gasteiger partial charge < -0.3 is 14.7 Å². The number of benzene rings is 1. The predicted molar refractivity (Wildman–Crippen MR) is 87.9 cm³/mol. The van der Waals surface area contributed by atoms with Crippen LogP contribution in [0.1, 0.15) is 31.7 Å². The summed E-state index contributed by atoms with van der Waals surface area (Å²) in [5.74, 6) is -1.55. The zero-order valence-electron chi connectivity index (χ0n) is 13.7. The minimum absolute atomic E-state index is 0.0258. The van der Waals surface area contributed by atoms with E-state index in [9.17, 15) is 14.0 Å². The Morgan fingerprint density at radius 1 is 1.38 bits per heavy atom. The molecular weight excluding hydrogens is 313 g/mol. The van der Waals surface area contributed by atoms with Gasteiger partial charge in [0.2, 0.25) is 5.91 Å². The van der Waals surface area contributed by atoms with Gasteiger partial charge in [0.25, 0.3) is 0 Å². The number of carbonyl (C=O) groups excluding carboxylic acids is 1. The van der Waals surface area contributed by atoms with E-state index in [2.05, 4.69) is 0 Å². The van der Waals surface area contributed by atoms with Crippen LogP contribution in [-0.2, 0) is 14.3 Å². The molecule has 0 aromatic heterocycles. The normalized spacial score (nSPS) is 16.0. The fourth-order valence-corrected chi connectivity index (χ4v) is 2.77. The van der Waals surface area contributed by atoms with E-state index in [1.165, 1.54) is 18.2 Å². The van der Waals surface area contributed by atoms with Crippen molar-refractivity contribution in [1.82, 2.24) is 4.90 Å². The Balaban J connectivity index is 2.15. The SMILES string of the molecule is CC(=CC(=O)N(CCC(=O)O)C1CCOCC1)c1cccc(F)c1. The van der Waals surface area contributed by atoms with E-state index in [1.807, 2.05) is 0 Å². The summed E-state index contributed by atoms with van der Waals surface area (Å²) < 4.78 is 18.6. The molecule has 130 valence electrons. The Labute approximate surface area is 140 Å². The van der Waals surface area contributed by atoms with E-state index in [-0.39, 0.29) is 30.7 Å². The number of ether oxygens (including phenoxy) is 1. The predicted octanol–water partition coefficient (Wildman–Crippen LogP) is 2.71. The van der Waals surface area contributed by atoms with E-state index < -0.39 is 5.97 Å². The molecule has 1 fully saturated rings. The summed E-state index contributed by atoms with van der Waals surface area (Å²) >= 11 is 0. The van der Waals surface area contributed by atoms with Crippen LogP contribution in [0.4, 0.5) is 4.39 Å². The Morgan fingerprint density at radius 3 is 2.71 bits per heavy atom. The van der Waals surface area contributed by atoms with Crippen molar-refractivity contribution < 1.29 is 23.8 Å². The van der Waals surface area contributed by atoms with Gasteiger partial charge in [0, 0.05) is 31.9 Å². The number of carbonyl (C=O) groups is 2. The van der Waals surface area contributed by atoms with E-state index >= 15 is 0 Å². The van der Waals surface area contributed by atoms with E-state index in [0.29, 0.717) is 37.2 Å². The summed E-state index contributed by atoms with van der Waals surface area (Å²) in [4.78, 5) is 25.1. The van der Waals surface area contributed by atoms with Gasteiger partial charge in [0.15, 0.2) is 0 Å². The van der Waals surface area contributed by atoms with Crippen molar-refractivity contribution in [2.45, 2.75) is 32.2 Å². The lowest BCUT2D eigenvalue weighted by Crippen LogP contribution is -2.43. The van der Waals surface area contributed by atoms with Crippen molar-refractivity contribution in [1.29, 1.82) is 0 Å². The lowest BCUT2D eigenvalue weighted by molar-refractivity contribution is -0.138. The number of carboxylic acid groups (broad SMARTS) is 1. The monoisotopic (exact) mass is 335 g/mol. The third-order valence-corrected chi connectivity index (χ3v) is 4.10. The van der Waals surface area contributed by atoms with Crippen LogP contribution < -0.4 is 0 Å². The molecule has 0 aliphatic carbocycles. The highest BCUT2D eigenvalue weighted by atomic mass is 19.1. The lowest BCUT2D eigenvalue weighted by atomic mass is 10.0. The maximum Gasteiger partial charge on any atom is 0.305 e. The van der Waals surface area contributed by atoms with Crippen LogP contribution >= 0.6 is 0 Å². The van der Waals surface area contributed by atoms with E-state index in [1.54, 1.807) is 24.0 Å². The lowest BCUT2D eigenvalue weighted by Gasteiger charge is -2.33. The molecule has 0 radical (unpaired) electrons. The molecule has 5 nitrogen and oxygen atoms in total. The highest BCUT2D eigenvalue weighted by Gasteiger charge is 2.25. The van der Waals surface area contributed by atoms with Crippen LogP contribution in [0.5, 0.6) is 0 Å². The second-order valence-corrected chi connectivity index (χ2v) is 5.86. The van der Waals surface area contributed by atoms with Crippen LogP contribution in [0, 0.1) is 5.82 Å². The van der Waals surface area contributed by atoms with Gasteiger partial charge in [-0.25, -0.2) is 4.39 Å². The topological polar surface area (TPSA) is 66.8 Å². The van der Waals surface area contributed by atoms with Crippen LogP contribution in [-0.4, -0.2) is 47.7 Å². The molecule has 1 aliphatic rings. The molecule has 0 atom stereocenters. The quantitative estimate of drug-likeness (QED) is 0.812. The van der Waals surface area contributed by atoms with Crippen molar-refractivity contribution in [2.24, 2.45) is 0 Å². The number of hydrogen-bond acceptors (Lipinski definition) is 3. The van der Waals surface area contributed by atoms with Gasteiger partial charge in [-0.3, -0.25) is 9.59 Å². The largest absolute Gasteiger partial charge is 0.481 e. The number of aliphatic carboxylic acids is 1. The summed E-state index contributed by atoms with van der Waals surface area (Å²) in [5.41, 5.74) is 1.28. The molecule has 1 aromatic rings. The maximum atomic E-state index is 13.3. The molecule has 0 unspecified atom stereocenters. The smallest absolute Gasteiger partial charge is 0.305 e. The number of hydrogen-bond donors (Lipinski definition) is 1. The van der Waals surface area contributed by atoms with E-state index in [0.717, 1.165) is 0 Å². The third-order valence-electron chi connectivity index (χ3n) is 4.10. The first-order valence-corrected chi connectivity index (χ1v) is 8.01. The standard InChI is InChI=1S/C18H22FNO4/c1-13(14-3-2-4-15(19)12-14)11-17(21)20(8-5-18(22)23)16-6-9-24-10-7-16/h2-4,11-12,16H,5-10H2,1H3,(H,22,23). The first-order chi connectivity index (χ1) is 11.5.